The molecule has 0 aromatic carbocycles. The van der Waals surface area contributed by atoms with Crippen LogP contribution in [0.15, 0.2) is 6.07 Å². The molecule has 0 atom stereocenters. The highest BCUT2D eigenvalue weighted by atomic mass is 16.5. The first-order valence-electron chi connectivity index (χ1n) is 6.13. The van der Waals surface area contributed by atoms with Crippen molar-refractivity contribution in [3.8, 4) is 0 Å². The van der Waals surface area contributed by atoms with Crippen LogP contribution in [0.2, 0.25) is 0 Å². The number of carbonyl (C=O) groups excluding carboxylic acids is 1. The summed E-state index contributed by atoms with van der Waals surface area (Å²) in [6, 6.07) is 1.83. The lowest BCUT2D eigenvalue weighted by atomic mass is 10.1. The molecule has 18 heavy (non-hydrogen) atoms. The Morgan fingerprint density at radius 3 is 2.83 bits per heavy atom. The molecular weight excluding hydrogens is 230 g/mol. The minimum atomic E-state index is -0.478. The number of aryl methyl sites for hydroxylation is 1. The van der Waals surface area contributed by atoms with Crippen LogP contribution in [0.3, 0.4) is 0 Å². The fraction of sp³-hybridized carbons (Fsp3) is 0.538. The molecule has 1 aromatic rings. The average Bonchev–Trinajstić information content (AvgIpc) is 2.28. The number of aromatic nitrogens is 1. The van der Waals surface area contributed by atoms with Crippen LogP contribution in [0, 0.1) is 6.92 Å². The molecule has 0 aliphatic rings. The normalized spacial score (nSPS) is 10.4. The van der Waals surface area contributed by atoms with Gasteiger partial charge in [-0.1, -0.05) is 13.3 Å². The molecule has 0 aliphatic heterocycles. The van der Waals surface area contributed by atoms with Gasteiger partial charge in [-0.05, 0) is 25.0 Å². The van der Waals surface area contributed by atoms with Gasteiger partial charge in [0.1, 0.15) is 5.82 Å². The van der Waals surface area contributed by atoms with Crippen molar-refractivity contribution in [2.75, 3.05) is 19.0 Å². The molecule has 0 spiro atoms. The number of pyridine rings is 1. The van der Waals surface area contributed by atoms with Gasteiger partial charge in [0.15, 0.2) is 0 Å². The Kier molecular flexibility index (Phi) is 5.58. The monoisotopic (exact) mass is 251 g/mol. The number of amides is 1. The van der Waals surface area contributed by atoms with Gasteiger partial charge < -0.3 is 15.8 Å². The molecule has 0 saturated heterocycles. The molecule has 0 bridgehead atoms. The first-order chi connectivity index (χ1) is 8.60. The van der Waals surface area contributed by atoms with E-state index in [1.54, 1.807) is 7.11 Å². The predicted octanol–water partition coefficient (Wildman–Crippen LogP) is 1.85. The van der Waals surface area contributed by atoms with E-state index in [9.17, 15) is 4.79 Å². The largest absolute Gasteiger partial charge is 0.380 e. The van der Waals surface area contributed by atoms with Gasteiger partial charge in [-0.15, -0.1) is 0 Å². The molecule has 0 unspecified atom stereocenters. The highest BCUT2D eigenvalue weighted by Crippen LogP contribution is 2.19. The Hall–Kier alpha value is -1.62. The van der Waals surface area contributed by atoms with Crippen LogP contribution in [0.4, 0.5) is 5.82 Å². The molecule has 1 amide bonds. The highest BCUT2D eigenvalue weighted by Gasteiger charge is 2.16. The van der Waals surface area contributed by atoms with E-state index in [2.05, 4.69) is 17.2 Å². The quantitative estimate of drug-likeness (QED) is 0.725. The zero-order valence-electron chi connectivity index (χ0n) is 11.2. The van der Waals surface area contributed by atoms with Crippen LogP contribution in [0.5, 0.6) is 0 Å². The fourth-order valence-corrected chi connectivity index (χ4v) is 1.80. The minimum absolute atomic E-state index is 0.351. The maximum atomic E-state index is 11.5. The lowest BCUT2D eigenvalue weighted by Crippen LogP contribution is -2.19. The van der Waals surface area contributed by atoms with E-state index in [0.717, 1.165) is 30.6 Å². The summed E-state index contributed by atoms with van der Waals surface area (Å²) in [7, 11) is 1.59. The number of ether oxygens (including phenoxy) is 1. The number of methoxy groups -OCH3 is 1. The van der Waals surface area contributed by atoms with Crippen LogP contribution in [-0.2, 0) is 11.3 Å². The third-order valence-electron chi connectivity index (χ3n) is 2.60. The van der Waals surface area contributed by atoms with Gasteiger partial charge in [-0.2, -0.15) is 0 Å². The van der Waals surface area contributed by atoms with Crippen molar-refractivity contribution in [2.45, 2.75) is 33.3 Å². The van der Waals surface area contributed by atoms with E-state index in [1.165, 1.54) is 0 Å². The molecule has 3 N–H and O–H groups in total. The Bertz CT molecular complexity index is 419. The van der Waals surface area contributed by atoms with Crippen LogP contribution < -0.4 is 11.1 Å². The summed E-state index contributed by atoms with van der Waals surface area (Å²) in [6.45, 7) is 5.12. The number of hydrogen-bond donors (Lipinski definition) is 2. The van der Waals surface area contributed by atoms with Gasteiger partial charge in [-0.3, -0.25) is 4.79 Å². The summed E-state index contributed by atoms with van der Waals surface area (Å²) in [5, 5.41) is 3.17. The number of nitrogens with two attached hydrogens (primary N) is 1. The van der Waals surface area contributed by atoms with E-state index >= 15 is 0 Å². The molecule has 5 heteroatoms. The van der Waals surface area contributed by atoms with E-state index < -0.39 is 5.91 Å². The number of carbonyl (C=O) groups is 1. The number of primary amides is 1. The van der Waals surface area contributed by atoms with Crippen molar-refractivity contribution >= 4 is 11.7 Å². The number of anilines is 1. The summed E-state index contributed by atoms with van der Waals surface area (Å²) >= 11 is 0. The Balaban J connectivity index is 3.08. The zero-order valence-corrected chi connectivity index (χ0v) is 11.2. The van der Waals surface area contributed by atoms with Gasteiger partial charge in [0, 0.05) is 19.3 Å². The second-order valence-corrected chi connectivity index (χ2v) is 4.22. The molecule has 1 aromatic heterocycles. The second kappa shape index (κ2) is 6.96. The zero-order chi connectivity index (χ0) is 13.5. The van der Waals surface area contributed by atoms with Gasteiger partial charge in [0.05, 0.1) is 12.2 Å². The number of nitrogens with zero attached hydrogens (tertiary/aromatic N) is 1. The summed E-state index contributed by atoms with van der Waals surface area (Å²) < 4.78 is 5.09. The fourth-order valence-electron chi connectivity index (χ4n) is 1.80. The highest BCUT2D eigenvalue weighted by molar-refractivity contribution is 5.99. The van der Waals surface area contributed by atoms with E-state index in [4.69, 9.17) is 10.5 Å². The number of unbranched alkanes of at least 4 members (excludes halogenated alkanes) is 1. The minimum Gasteiger partial charge on any atom is -0.380 e. The van der Waals surface area contributed by atoms with Crippen LogP contribution in [-0.4, -0.2) is 24.5 Å². The van der Waals surface area contributed by atoms with Gasteiger partial charge in [-0.25, -0.2) is 4.98 Å². The summed E-state index contributed by atoms with van der Waals surface area (Å²) in [5.74, 6) is 0.0801. The molecule has 0 aliphatic carbocycles. The molecule has 0 radical (unpaired) electrons. The number of hydrogen-bond acceptors (Lipinski definition) is 4. The van der Waals surface area contributed by atoms with Crippen LogP contribution in [0.25, 0.3) is 0 Å². The standard InChI is InChI=1S/C13H21N3O2/c1-4-5-6-15-13-11(12(14)17)10(8-18-3)7-9(2)16-13/h7H,4-6,8H2,1-3H3,(H2,14,17)(H,15,16). The lowest BCUT2D eigenvalue weighted by Gasteiger charge is -2.14. The first-order valence-corrected chi connectivity index (χ1v) is 6.13. The van der Waals surface area contributed by atoms with Crippen molar-refractivity contribution in [1.29, 1.82) is 0 Å². The maximum Gasteiger partial charge on any atom is 0.252 e. The molecule has 0 saturated carbocycles. The molecule has 1 rings (SSSR count). The Labute approximate surface area is 108 Å². The van der Waals surface area contributed by atoms with E-state index in [-0.39, 0.29) is 0 Å². The van der Waals surface area contributed by atoms with Gasteiger partial charge >= 0.3 is 0 Å². The van der Waals surface area contributed by atoms with Crippen molar-refractivity contribution in [3.05, 3.63) is 22.9 Å². The predicted molar refractivity (Wildman–Crippen MR) is 71.6 cm³/mol. The Morgan fingerprint density at radius 2 is 2.28 bits per heavy atom. The lowest BCUT2D eigenvalue weighted by molar-refractivity contribution is 0.0996. The molecule has 0 fully saturated rings. The van der Waals surface area contributed by atoms with E-state index in [1.807, 2.05) is 13.0 Å². The average molecular weight is 251 g/mol. The van der Waals surface area contributed by atoms with Gasteiger partial charge in [0.2, 0.25) is 0 Å². The van der Waals surface area contributed by atoms with E-state index in [0.29, 0.717) is 18.0 Å². The molecule has 1 heterocycles. The molecule has 5 nitrogen and oxygen atoms in total. The topological polar surface area (TPSA) is 77.2 Å². The summed E-state index contributed by atoms with van der Waals surface area (Å²) in [6.07, 6.45) is 2.10. The van der Waals surface area contributed by atoms with Crippen LogP contribution in [0.1, 0.15) is 41.4 Å². The summed E-state index contributed by atoms with van der Waals surface area (Å²) in [4.78, 5) is 15.9. The Morgan fingerprint density at radius 1 is 1.56 bits per heavy atom. The summed E-state index contributed by atoms with van der Waals surface area (Å²) in [5.41, 5.74) is 7.47. The van der Waals surface area contributed by atoms with Crippen molar-refractivity contribution < 1.29 is 9.53 Å². The molecule has 100 valence electrons. The number of nitrogens with one attached hydrogen (secondary N) is 1. The third-order valence-corrected chi connectivity index (χ3v) is 2.60. The van der Waals surface area contributed by atoms with Crippen molar-refractivity contribution in [1.82, 2.24) is 4.98 Å². The maximum absolute atomic E-state index is 11.5. The van der Waals surface area contributed by atoms with Crippen molar-refractivity contribution in [3.63, 3.8) is 0 Å². The molecular formula is C13H21N3O2. The third kappa shape index (κ3) is 3.70. The van der Waals surface area contributed by atoms with Crippen LogP contribution >= 0.6 is 0 Å². The number of rotatable bonds is 7. The SMILES string of the molecule is CCCCNc1nc(C)cc(COC)c1C(N)=O. The smallest absolute Gasteiger partial charge is 0.252 e. The van der Waals surface area contributed by atoms with Crippen molar-refractivity contribution in [2.24, 2.45) is 5.73 Å². The first kappa shape index (κ1) is 14.4. The van der Waals surface area contributed by atoms with Gasteiger partial charge in [0.25, 0.3) is 5.91 Å². The second-order valence-electron chi connectivity index (χ2n) is 4.22.